The van der Waals surface area contributed by atoms with Crippen LogP contribution in [0.4, 0.5) is 5.69 Å². The van der Waals surface area contributed by atoms with E-state index in [-0.39, 0.29) is 5.57 Å². The minimum atomic E-state index is -0.408. The second-order valence-corrected chi connectivity index (χ2v) is 6.25. The van der Waals surface area contributed by atoms with Crippen molar-refractivity contribution >= 4 is 23.2 Å². The number of anilines is 1. The number of likely N-dealkylation sites (tertiary alicyclic amines) is 1. The molecule has 122 valence electrons. The van der Waals surface area contributed by atoms with Crippen molar-refractivity contribution in [3.05, 3.63) is 41.1 Å². The van der Waals surface area contributed by atoms with Crippen molar-refractivity contribution in [2.45, 2.75) is 18.9 Å². The van der Waals surface area contributed by atoms with Crippen molar-refractivity contribution in [1.82, 2.24) is 9.80 Å². The van der Waals surface area contributed by atoms with Crippen LogP contribution in [0.1, 0.15) is 12.8 Å². The SMILES string of the molecule is CN1CCC(N(C)/C=C(/C#N)C(=O)Nc2ccc(Cl)cc2)CC1. The Kier molecular flexibility index (Phi) is 6.03. The summed E-state index contributed by atoms with van der Waals surface area (Å²) in [6, 6.07) is 9.13. The van der Waals surface area contributed by atoms with Crippen LogP contribution in [0, 0.1) is 11.3 Å². The van der Waals surface area contributed by atoms with Gasteiger partial charge in [-0.15, -0.1) is 0 Å². The summed E-state index contributed by atoms with van der Waals surface area (Å²) in [4.78, 5) is 16.5. The Morgan fingerprint density at radius 1 is 1.39 bits per heavy atom. The number of nitriles is 1. The Labute approximate surface area is 142 Å². The monoisotopic (exact) mass is 332 g/mol. The lowest BCUT2D eigenvalue weighted by atomic mass is 10.0. The van der Waals surface area contributed by atoms with Crippen LogP contribution in [0.25, 0.3) is 0 Å². The predicted octanol–water partition coefficient (Wildman–Crippen LogP) is 2.71. The average molecular weight is 333 g/mol. The lowest BCUT2D eigenvalue weighted by molar-refractivity contribution is -0.112. The second kappa shape index (κ2) is 8.00. The van der Waals surface area contributed by atoms with E-state index >= 15 is 0 Å². The van der Waals surface area contributed by atoms with Gasteiger partial charge in [0.15, 0.2) is 0 Å². The van der Waals surface area contributed by atoms with Gasteiger partial charge in [-0.25, -0.2) is 0 Å². The van der Waals surface area contributed by atoms with E-state index in [1.54, 1.807) is 30.5 Å². The molecule has 2 rings (SSSR count). The maximum atomic E-state index is 12.2. The quantitative estimate of drug-likeness (QED) is 0.680. The van der Waals surface area contributed by atoms with Gasteiger partial charge < -0.3 is 15.1 Å². The molecule has 6 heteroatoms. The Morgan fingerprint density at radius 2 is 2.00 bits per heavy atom. The molecule has 1 N–H and O–H groups in total. The fourth-order valence-electron chi connectivity index (χ4n) is 2.58. The van der Waals surface area contributed by atoms with Crippen molar-refractivity contribution in [3.63, 3.8) is 0 Å². The lowest BCUT2D eigenvalue weighted by Crippen LogP contribution is -2.40. The zero-order valence-electron chi connectivity index (χ0n) is 13.4. The largest absolute Gasteiger partial charge is 0.376 e. The molecule has 0 aliphatic carbocycles. The van der Waals surface area contributed by atoms with Gasteiger partial charge in [0.1, 0.15) is 11.6 Å². The maximum absolute atomic E-state index is 12.2. The van der Waals surface area contributed by atoms with Gasteiger partial charge in [0.2, 0.25) is 0 Å². The highest BCUT2D eigenvalue weighted by Crippen LogP contribution is 2.17. The normalized spacial score (nSPS) is 16.7. The first kappa shape index (κ1) is 17.3. The molecule has 1 amide bonds. The fourth-order valence-corrected chi connectivity index (χ4v) is 2.71. The summed E-state index contributed by atoms with van der Waals surface area (Å²) in [6.45, 7) is 2.06. The molecule has 5 nitrogen and oxygen atoms in total. The van der Waals surface area contributed by atoms with Crippen molar-refractivity contribution in [3.8, 4) is 6.07 Å². The van der Waals surface area contributed by atoms with Crippen molar-refractivity contribution in [1.29, 1.82) is 5.26 Å². The number of hydrogen-bond acceptors (Lipinski definition) is 4. The van der Waals surface area contributed by atoms with Gasteiger partial charge in [-0.05, 0) is 57.2 Å². The number of amides is 1. The molecule has 1 fully saturated rings. The van der Waals surface area contributed by atoms with E-state index in [1.807, 2.05) is 18.0 Å². The highest BCUT2D eigenvalue weighted by molar-refractivity contribution is 6.30. The molecule has 1 aromatic rings. The topological polar surface area (TPSA) is 59.4 Å². The molecule has 0 spiro atoms. The van der Waals surface area contributed by atoms with E-state index in [9.17, 15) is 10.1 Å². The van der Waals surface area contributed by atoms with Gasteiger partial charge in [-0.1, -0.05) is 11.6 Å². The molecule has 0 saturated carbocycles. The highest BCUT2D eigenvalue weighted by Gasteiger charge is 2.20. The number of carbonyl (C=O) groups is 1. The molecule has 0 atom stereocenters. The Balaban J connectivity index is 2.01. The summed E-state index contributed by atoms with van der Waals surface area (Å²) >= 11 is 5.82. The van der Waals surface area contributed by atoms with Crippen LogP contribution in [0.2, 0.25) is 5.02 Å². The molecule has 0 radical (unpaired) electrons. The highest BCUT2D eigenvalue weighted by atomic mass is 35.5. The number of piperidine rings is 1. The standard InChI is InChI=1S/C17H21ClN4O/c1-21-9-7-16(8-10-21)22(2)12-13(11-19)17(23)20-15-5-3-14(18)4-6-15/h3-6,12,16H,7-10H2,1-2H3,(H,20,23)/b13-12-. The first-order valence-electron chi connectivity index (χ1n) is 7.59. The van der Waals surface area contributed by atoms with Gasteiger partial charge in [-0.2, -0.15) is 5.26 Å². The first-order valence-corrected chi connectivity index (χ1v) is 7.96. The average Bonchev–Trinajstić information content (AvgIpc) is 2.55. The molecule has 1 heterocycles. The Morgan fingerprint density at radius 3 is 2.57 bits per heavy atom. The predicted molar refractivity (Wildman–Crippen MR) is 92.1 cm³/mol. The van der Waals surface area contributed by atoms with Gasteiger partial charge in [0.05, 0.1) is 0 Å². The fraction of sp³-hybridized carbons (Fsp3) is 0.412. The van der Waals surface area contributed by atoms with Gasteiger partial charge in [-0.3, -0.25) is 4.79 Å². The molecule has 0 bridgehead atoms. The van der Waals surface area contributed by atoms with Crippen molar-refractivity contribution < 1.29 is 4.79 Å². The Hall–Kier alpha value is -2.03. The zero-order chi connectivity index (χ0) is 16.8. The smallest absolute Gasteiger partial charge is 0.267 e. The number of nitrogens with one attached hydrogen (secondary N) is 1. The molecule has 1 aliphatic heterocycles. The zero-order valence-corrected chi connectivity index (χ0v) is 14.2. The van der Waals surface area contributed by atoms with Crippen LogP contribution in [0.5, 0.6) is 0 Å². The summed E-state index contributed by atoms with van der Waals surface area (Å²) in [5, 5.41) is 12.6. The van der Waals surface area contributed by atoms with E-state index < -0.39 is 5.91 Å². The number of halogens is 1. The molecular formula is C17H21ClN4O. The van der Waals surface area contributed by atoms with E-state index in [4.69, 9.17) is 11.6 Å². The number of rotatable bonds is 4. The molecule has 0 unspecified atom stereocenters. The number of benzene rings is 1. The molecule has 1 saturated heterocycles. The van der Waals surface area contributed by atoms with Crippen molar-refractivity contribution in [2.24, 2.45) is 0 Å². The van der Waals surface area contributed by atoms with E-state index in [0.717, 1.165) is 25.9 Å². The summed E-state index contributed by atoms with van der Waals surface area (Å²) < 4.78 is 0. The first-order chi connectivity index (χ1) is 11.0. The summed E-state index contributed by atoms with van der Waals surface area (Å²) in [6.07, 6.45) is 3.70. The van der Waals surface area contributed by atoms with Crippen LogP contribution in [-0.2, 0) is 4.79 Å². The molecule has 1 aliphatic rings. The van der Waals surface area contributed by atoms with Crippen LogP contribution >= 0.6 is 11.6 Å². The minimum Gasteiger partial charge on any atom is -0.376 e. The third kappa shape index (κ3) is 4.98. The number of carbonyl (C=O) groups excluding carboxylic acids is 1. The van der Waals surface area contributed by atoms with Gasteiger partial charge >= 0.3 is 0 Å². The molecule has 1 aromatic carbocycles. The number of hydrogen-bond donors (Lipinski definition) is 1. The van der Waals surface area contributed by atoms with Crippen LogP contribution in [0.15, 0.2) is 36.0 Å². The van der Waals surface area contributed by atoms with Crippen LogP contribution in [-0.4, -0.2) is 48.9 Å². The molecule has 0 aromatic heterocycles. The second-order valence-electron chi connectivity index (χ2n) is 5.82. The third-order valence-corrected chi connectivity index (χ3v) is 4.32. The Bertz CT molecular complexity index is 612. The third-order valence-electron chi connectivity index (χ3n) is 4.06. The van der Waals surface area contributed by atoms with E-state index in [2.05, 4.69) is 17.3 Å². The van der Waals surface area contributed by atoms with Crippen LogP contribution in [0.3, 0.4) is 0 Å². The van der Waals surface area contributed by atoms with Crippen LogP contribution < -0.4 is 5.32 Å². The summed E-state index contributed by atoms with van der Waals surface area (Å²) in [5.74, 6) is -0.408. The van der Waals surface area contributed by atoms with Crippen molar-refractivity contribution in [2.75, 3.05) is 32.5 Å². The lowest BCUT2D eigenvalue weighted by Gasteiger charge is -2.34. The van der Waals surface area contributed by atoms with E-state index in [0.29, 0.717) is 16.8 Å². The van der Waals surface area contributed by atoms with E-state index in [1.165, 1.54) is 0 Å². The van der Waals surface area contributed by atoms with Gasteiger partial charge in [0, 0.05) is 30.0 Å². The molecular weight excluding hydrogens is 312 g/mol. The summed E-state index contributed by atoms with van der Waals surface area (Å²) in [5.41, 5.74) is 0.712. The summed E-state index contributed by atoms with van der Waals surface area (Å²) in [7, 11) is 4.02. The van der Waals surface area contributed by atoms with Gasteiger partial charge in [0.25, 0.3) is 5.91 Å². The number of nitrogens with zero attached hydrogens (tertiary/aromatic N) is 3. The molecule has 23 heavy (non-hydrogen) atoms. The maximum Gasteiger partial charge on any atom is 0.267 e. The minimum absolute atomic E-state index is 0.0985.